The van der Waals surface area contributed by atoms with Crippen molar-refractivity contribution in [3.05, 3.63) is 69.8 Å². The number of nitriles is 1. The van der Waals surface area contributed by atoms with Crippen molar-refractivity contribution in [3.8, 4) is 6.07 Å². The minimum Gasteiger partial charge on any atom is -0.258 e. The molecule has 0 atom stereocenters. The van der Waals surface area contributed by atoms with Gasteiger partial charge in [0.25, 0.3) is 15.7 Å². The number of hydrogen-bond acceptors (Lipinski definition) is 5. The van der Waals surface area contributed by atoms with E-state index >= 15 is 0 Å². The van der Waals surface area contributed by atoms with E-state index in [9.17, 15) is 18.5 Å². The summed E-state index contributed by atoms with van der Waals surface area (Å²) in [5, 5.41) is 19.7. The zero-order valence-electron chi connectivity index (χ0n) is 11.1. The van der Waals surface area contributed by atoms with Crippen molar-refractivity contribution in [2.45, 2.75) is 4.90 Å². The third-order valence-corrected chi connectivity index (χ3v) is 3.98. The molecule has 110 valence electrons. The van der Waals surface area contributed by atoms with Crippen molar-refractivity contribution in [1.82, 2.24) is 0 Å². The number of rotatable bonds is 4. The van der Waals surface area contributed by atoms with Gasteiger partial charge in [0, 0.05) is 12.3 Å². The molecule has 0 spiro atoms. The number of nitro groups is 1. The normalized spacial score (nSPS) is 11.2. The SMILES string of the molecule is N#Cc1cccc(/C=N/S(=O)(=O)c2ccccc2[N+](=O)[O-])c1. The number of benzene rings is 2. The van der Waals surface area contributed by atoms with Crippen LogP contribution in [0.2, 0.25) is 0 Å². The summed E-state index contributed by atoms with van der Waals surface area (Å²) in [7, 11) is -4.21. The van der Waals surface area contributed by atoms with Crippen LogP contribution in [0.4, 0.5) is 5.69 Å². The average molecular weight is 315 g/mol. The molecule has 0 saturated heterocycles. The van der Waals surface area contributed by atoms with Crippen LogP contribution < -0.4 is 0 Å². The van der Waals surface area contributed by atoms with E-state index in [2.05, 4.69) is 4.40 Å². The van der Waals surface area contributed by atoms with Crippen molar-refractivity contribution in [2.75, 3.05) is 0 Å². The van der Waals surface area contributed by atoms with Gasteiger partial charge in [-0.25, -0.2) is 0 Å². The summed E-state index contributed by atoms with van der Waals surface area (Å²) in [6.45, 7) is 0. The van der Waals surface area contributed by atoms with Crippen LogP contribution in [-0.4, -0.2) is 19.6 Å². The number of nitro benzene ring substituents is 1. The molecule has 22 heavy (non-hydrogen) atoms. The smallest absolute Gasteiger partial charge is 0.258 e. The summed E-state index contributed by atoms with van der Waals surface area (Å²) < 4.78 is 27.7. The number of nitrogens with zero attached hydrogens (tertiary/aromatic N) is 3. The molecule has 0 radical (unpaired) electrons. The number of para-hydroxylation sites is 1. The van der Waals surface area contributed by atoms with Gasteiger partial charge in [-0.2, -0.15) is 18.1 Å². The molecule has 0 aliphatic rings. The molecule has 2 aromatic carbocycles. The highest BCUT2D eigenvalue weighted by Gasteiger charge is 2.23. The topological polar surface area (TPSA) is 113 Å². The lowest BCUT2D eigenvalue weighted by Crippen LogP contribution is -2.02. The quantitative estimate of drug-likeness (QED) is 0.488. The van der Waals surface area contributed by atoms with Gasteiger partial charge < -0.3 is 0 Å². The van der Waals surface area contributed by atoms with Crippen molar-refractivity contribution in [2.24, 2.45) is 4.40 Å². The van der Waals surface area contributed by atoms with Crippen LogP contribution in [0.25, 0.3) is 0 Å². The van der Waals surface area contributed by atoms with E-state index in [0.29, 0.717) is 11.1 Å². The Kier molecular flexibility index (Phi) is 4.29. The molecule has 2 rings (SSSR count). The first kappa shape index (κ1) is 15.3. The van der Waals surface area contributed by atoms with Gasteiger partial charge in [-0.15, -0.1) is 0 Å². The van der Waals surface area contributed by atoms with E-state index in [-0.39, 0.29) is 0 Å². The molecule has 0 bridgehead atoms. The molecule has 0 heterocycles. The monoisotopic (exact) mass is 315 g/mol. The minimum atomic E-state index is -4.21. The molecule has 0 amide bonds. The lowest BCUT2D eigenvalue weighted by molar-refractivity contribution is -0.387. The predicted octanol–water partition coefficient (Wildman–Crippen LogP) is 2.27. The first-order chi connectivity index (χ1) is 10.4. The Balaban J connectivity index is 2.42. The molecule has 0 saturated carbocycles. The van der Waals surface area contributed by atoms with Crippen LogP contribution in [0, 0.1) is 21.4 Å². The standard InChI is InChI=1S/C14H9N3O4S/c15-9-11-4-3-5-12(8-11)10-16-22(20,21)14-7-2-1-6-13(14)17(18)19/h1-8,10H/b16-10+. The maximum atomic E-state index is 12.1. The molecular weight excluding hydrogens is 306 g/mol. The second kappa shape index (κ2) is 6.15. The van der Waals surface area contributed by atoms with E-state index in [0.717, 1.165) is 18.3 Å². The molecule has 0 aliphatic heterocycles. The maximum Gasteiger partial charge on any atom is 0.289 e. The van der Waals surface area contributed by atoms with Crippen molar-refractivity contribution < 1.29 is 13.3 Å². The number of sulfonamides is 1. The van der Waals surface area contributed by atoms with E-state index < -0.39 is 25.5 Å². The zero-order chi connectivity index (χ0) is 16.2. The van der Waals surface area contributed by atoms with E-state index in [1.807, 2.05) is 6.07 Å². The first-order valence-electron chi connectivity index (χ1n) is 5.98. The van der Waals surface area contributed by atoms with Crippen molar-refractivity contribution in [1.29, 1.82) is 5.26 Å². The fourth-order valence-electron chi connectivity index (χ4n) is 1.70. The zero-order valence-corrected chi connectivity index (χ0v) is 11.9. The van der Waals surface area contributed by atoms with Gasteiger partial charge in [-0.1, -0.05) is 24.3 Å². The van der Waals surface area contributed by atoms with Gasteiger partial charge in [0.05, 0.1) is 16.6 Å². The Hall–Kier alpha value is -3.05. The first-order valence-corrected chi connectivity index (χ1v) is 7.42. The Bertz CT molecular complexity index is 898. The second-order valence-electron chi connectivity index (χ2n) is 4.17. The summed E-state index contributed by atoms with van der Waals surface area (Å²) in [5.41, 5.74) is 0.221. The molecule has 0 fully saturated rings. The summed E-state index contributed by atoms with van der Waals surface area (Å²) in [6.07, 6.45) is 1.05. The van der Waals surface area contributed by atoms with Crippen LogP contribution >= 0.6 is 0 Å². The van der Waals surface area contributed by atoms with Crippen molar-refractivity contribution >= 4 is 21.9 Å². The Morgan fingerprint density at radius 3 is 2.59 bits per heavy atom. The summed E-state index contributed by atoms with van der Waals surface area (Å²) in [4.78, 5) is 9.62. The maximum absolute atomic E-state index is 12.1. The van der Waals surface area contributed by atoms with Crippen LogP contribution in [0.15, 0.2) is 57.8 Å². The molecule has 0 N–H and O–H groups in total. The van der Waals surface area contributed by atoms with Gasteiger partial charge >= 0.3 is 0 Å². The third kappa shape index (κ3) is 3.34. The molecule has 7 nitrogen and oxygen atoms in total. The minimum absolute atomic E-state index is 0.354. The van der Waals surface area contributed by atoms with Gasteiger partial charge in [0.1, 0.15) is 0 Å². The molecule has 0 aliphatic carbocycles. The highest BCUT2D eigenvalue weighted by molar-refractivity contribution is 7.90. The van der Waals surface area contributed by atoms with Gasteiger partial charge in [0.2, 0.25) is 0 Å². The van der Waals surface area contributed by atoms with E-state index in [1.165, 1.54) is 18.2 Å². The Morgan fingerprint density at radius 1 is 1.18 bits per heavy atom. The highest BCUT2D eigenvalue weighted by atomic mass is 32.2. The summed E-state index contributed by atoms with van der Waals surface area (Å²) in [6, 6.07) is 13.1. The van der Waals surface area contributed by atoms with Crippen molar-refractivity contribution in [3.63, 3.8) is 0 Å². The highest BCUT2D eigenvalue weighted by Crippen LogP contribution is 2.24. The molecule has 0 unspecified atom stereocenters. The Morgan fingerprint density at radius 2 is 1.91 bits per heavy atom. The van der Waals surface area contributed by atoms with Gasteiger partial charge in [-0.3, -0.25) is 10.1 Å². The lowest BCUT2D eigenvalue weighted by Gasteiger charge is -2.00. The number of hydrogen-bond donors (Lipinski definition) is 0. The van der Waals surface area contributed by atoms with Crippen LogP contribution in [0.1, 0.15) is 11.1 Å². The largest absolute Gasteiger partial charge is 0.289 e. The lowest BCUT2D eigenvalue weighted by atomic mass is 10.1. The van der Waals surface area contributed by atoms with Crippen LogP contribution in [-0.2, 0) is 10.0 Å². The van der Waals surface area contributed by atoms with Crippen LogP contribution in [0.3, 0.4) is 0 Å². The van der Waals surface area contributed by atoms with Gasteiger partial charge in [-0.05, 0) is 23.8 Å². The van der Waals surface area contributed by atoms with E-state index in [1.54, 1.807) is 18.2 Å². The summed E-state index contributed by atoms with van der Waals surface area (Å²) in [5.74, 6) is 0. The van der Waals surface area contributed by atoms with Crippen LogP contribution in [0.5, 0.6) is 0 Å². The van der Waals surface area contributed by atoms with E-state index in [4.69, 9.17) is 5.26 Å². The average Bonchev–Trinajstić information content (AvgIpc) is 2.53. The fourth-order valence-corrected chi connectivity index (χ4v) is 2.73. The fraction of sp³-hybridized carbons (Fsp3) is 0. The summed E-state index contributed by atoms with van der Waals surface area (Å²) >= 11 is 0. The predicted molar refractivity (Wildman–Crippen MR) is 79.0 cm³/mol. The van der Waals surface area contributed by atoms with Gasteiger partial charge in [0.15, 0.2) is 4.90 Å². The molecule has 0 aromatic heterocycles. The Labute approximate surface area is 126 Å². The third-order valence-electron chi connectivity index (χ3n) is 2.70. The molecule has 2 aromatic rings. The molecule has 8 heteroatoms. The second-order valence-corrected chi connectivity index (χ2v) is 5.77. The molecular formula is C14H9N3O4S.